The number of hydrogen-bond acceptors (Lipinski definition) is 0. The Bertz CT molecular complexity index is 91.0. The van der Waals surface area contributed by atoms with Crippen molar-refractivity contribution < 1.29 is 0 Å². The zero-order valence-electron chi connectivity index (χ0n) is 8.83. The Morgan fingerprint density at radius 3 is 1.36 bits per heavy atom. The van der Waals surface area contributed by atoms with Gasteiger partial charge in [-0.3, -0.25) is 0 Å². The van der Waals surface area contributed by atoms with Crippen LogP contribution in [0.2, 0.25) is 17.1 Å². The fourth-order valence-electron chi connectivity index (χ4n) is 1.85. The monoisotopic (exact) mass is 171 g/mol. The van der Waals surface area contributed by atoms with Gasteiger partial charge in [-0.1, -0.05) is 59.5 Å². The summed E-state index contributed by atoms with van der Waals surface area (Å²) in [6.07, 6.45) is 2.75. The summed E-state index contributed by atoms with van der Waals surface area (Å²) < 4.78 is 0. The molecule has 0 atom stereocenters. The van der Waals surface area contributed by atoms with Gasteiger partial charge in [-0.05, 0) is 5.04 Å². The van der Waals surface area contributed by atoms with E-state index in [1.165, 1.54) is 24.9 Å². The second kappa shape index (κ2) is 4.97. The van der Waals surface area contributed by atoms with Crippen LogP contribution in [-0.4, -0.2) is 8.80 Å². The Morgan fingerprint density at radius 2 is 1.27 bits per heavy atom. The van der Waals surface area contributed by atoms with Crippen LogP contribution in [0.5, 0.6) is 0 Å². The molecule has 0 saturated heterocycles. The molecule has 0 rings (SSSR count). The van der Waals surface area contributed by atoms with Crippen LogP contribution in [0.3, 0.4) is 0 Å². The van der Waals surface area contributed by atoms with Crippen molar-refractivity contribution in [2.24, 2.45) is 0 Å². The van der Waals surface area contributed by atoms with Gasteiger partial charge < -0.3 is 0 Å². The van der Waals surface area contributed by atoms with E-state index in [9.17, 15) is 0 Å². The molecule has 0 aliphatic heterocycles. The third kappa shape index (κ3) is 2.62. The molecular weight excluding hydrogens is 148 g/mol. The SMILES string of the molecule is CC[Si](CC)C(C)(CC)CC. The summed E-state index contributed by atoms with van der Waals surface area (Å²) >= 11 is 0. The van der Waals surface area contributed by atoms with Crippen LogP contribution in [0.4, 0.5) is 0 Å². The summed E-state index contributed by atoms with van der Waals surface area (Å²) in [5.74, 6) is 0. The lowest BCUT2D eigenvalue weighted by Crippen LogP contribution is -2.27. The van der Waals surface area contributed by atoms with Crippen LogP contribution in [0.1, 0.15) is 47.5 Å². The van der Waals surface area contributed by atoms with Gasteiger partial charge in [-0.15, -0.1) is 0 Å². The van der Waals surface area contributed by atoms with Crippen molar-refractivity contribution in [1.82, 2.24) is 0 Å². The predicted octanol–water partition coefficient (Wildman–Crippen LogP) is 4.10. The first-order chi connectivity index (χ1) is 5.14. The van der Waals surface area contributed by atoms with Crippen LogP contribution < -0.4 is 0 Å². The minimum Gasteiger partial charge on any atom is -0.0680 e. The quantitative estimate of drug-likeness (QED) is 0.546. The highest BCUT2D eigenvalue weighted by Gasteiger charge is 2.29. The third-order valence-corrected chi connectivity index (χ3v) is 7.39. The molecule has 0 nitrogen and oxygen atoms in total. The second-order valence-electron chi connectivity index (χ2n) is 3.58. The van der Waals surface area contributed by atoms with Gasteiger partial charge in [0.05, 0.1) is 8.80 Å². The van der Waals surface area contributed by atoms with Crippen LogP contribution in [0, 0.1) is 0 Å². The molecule has 0 heterocycles. The van der Waals surface area contributed by atoms with Crippen molar-refractivity contribution in [3.05, 3.63) is 0 Å². The first-order valence-corrected chi connectivity index (χ1v) is 6.91. The Kier molecular flexibility index (Phi) is 5.07. The summed E-state index contributed by atoms with van der Waals surface area (Å²) in [5.41, 5.74) is 0. The Labute approximate surface area is 74.0 Å². The molecule has 0 N–H and O–H groups in total. The van der Waals surface area contributed by atoms with Gasteiger partial charge in [-0.25, -0.2) is 0 Å². The average molecular weight is 171 g/mol. The number of rotatable bonds is 5. The lowest BCUT2D eigenvalue weighted by molar-refractivity contribution is 0.548. The highest BCUT2D eigenvalue weighted by Crippen LogP contribution is 2.40. The topological polar surface area (TPSA) is 0 Å². The van der Waals surface area contributed by atoms with E-state index in [2.05, 4.69) is 34.6 Å². The molecule has 0 aromatic rings. The third-order valence-electron chi connectivity index (χ3n) is 3.27. The molecule has 0 aliphatic carbocycles. The first-order valence-electron chi connectivity index (χ1n) is 4.99. The highest BCUT2D eigenvalue weighted by atomic mass is 28.3. The van der Waals surface area contributed by atoms with Gasteiger partial charge >= 0.3 is 0 Å². The molecule has 67 valence electrons. The van der Waals surface area contributed by atoms with E-state index in [0.717, 1.165) is 0 Å². The molecule has 0 aromatic carbocycles. The van der Waals surface area contributed by atoms with Gasteiger partial charge in [0.1, 0.15) is 0 Å². The van der Waals surface area contributed by atoms with E-state index in [4.69, 9.17) is 0 Å². The summed E-state index contributed by atoms with van der Waals surface area (Å²) in [4.78, 5) is 0. The van der Waals surface area contributed by atoms with Crippen LogP contribution in [-0.2, 0) is 0 Å². The molecule has 0 aliphatic rings. The van der Waals surface area contributed by atoms with Crippen LogP contribution in [0.15, 0.2) is 0 Å². The van der Waals surface area contributed by atoms with E-state index >= 15 is 0 Å². The predicted molar refractivity (Wildman–Crippen MR) is 55.7 cm³/mol. The molecule has 0 amide bonds. The lowest BCUT2D eigenvalue weighted by atomic mass is 10.1. The molecule has 1 heteroatoms. The molecule has 1 radical (unpaired) electrons. The standard InChI is InChI=1S/C10H23Si/c1-6-10(5,7-2)11(8-3)9-4/h6-9H2,1-5H3. The molecule has 0 spiro atoms. The molecule has 0 fully saturated rings. The fourth-order valence-corrected chi connectivity index (χ4v) is 5.06. The minimum absolute atomic E-state index is 0.0620. The van der Waals surface area contributed by atoms with E-state index < -0.39 is 0 Å². The van der Waals surface area contributed by atoms with E-state index in [1.807, 2.05) is 0 Å². The van der Waals surface area contributed by atoms with Crippen molar-refractivity contribution in [3.8, 4) is 0 Å². The van der Waals surface area contributed by atoms with Crippen LogP contribution in [0.25, 0.3) is 0 Å². The zero-order valence-corrected chi connectivity index (χ0v) is 9.83. The molecule has 0 saturated carbocycles. The Morgan fingerprint density at radius 1 is 0.909 bits per heavy atom. The van der Waals surface area contributed by atoms with Crippen molar-refractivity contribution in [2.45, 2.75) is 64.6 Å². The van der Waals surface area contributed by atoms with Crippen molar-refractivity contribution in [1.29, 1.82) is 0 Å². The summed E-state index contributed by atoms with van der Waals surface area (Å²) in [6.45, 7) is 11.9. The van der Waals surface area contributed by atoms with E-state index in [1.54, 1.807) is 0 Å². The van der Waals surface area contributed by atoms with Gasteiger partial charge in [0.25, 0.3) is 0 Å². The Hall–Kier alpha value is 0.217. The Balaban J connectivity index is 4.19. The minimum atomic E-state index is -0.0620. The van der Waals surface area contributed by atoms with Gasteiger partial charge in [-0.2, -0.15) is 0 Å². The summed E-state index contributed by atoms with van der Waals surface area (Å²) in [5, 5.41) is 0.703. The van der Waals surface area contributed by atoms with Crippen molar-refractivity contribution >= 4 is 8.80 Å². The maximum atomic E-state index is 2.48. The maximum absolute atomic E-state index is 2.48. The van der Waals surface area contributed by atoms with Gasteiger partial charge in [0.15, 0.2) is 0 Å². The summed E-state index contributed by atoms with van der Waals surface area (Å²) in [6, 6.07) is 2.89. The maximum Gasteiger partial charge on any atom is 0.0536 e. The molecule has 0 bridgehead atoms. The smallest absolute Gasteiger partial charge is 0.0536 e. The lowest BCUT2D eigenvalue weighted by Gasteiger charge is -2.33. The van der Waals surface area contributed by atoms with Gasteiger partial charge in [0, 0.05) is 0 Å². The first kappa shape index (κ1) is 11.2. The fraction of sp³-hybridized carbons (Fsp3) is 1.00. The molecule has 11 heavy (non-hydrogen) atoms. The largest absolute Gasteiger partial charge is 0.0680 e. The summed E-state index contributed by atoms with van der Waals surface area (Å²) in [7, 11) is -0.0620. The zero-order chi connectivity index (χ0) is 8.91. The number of hydrogen-bond donors (Lipinski definition) is 0. The van der Waals surface area contributed by atoms with Gasteiger partial charge in [0.2, 0.25) is 0 Å². The molecule has 0 unspecified atom stereocenters. The highest BCUT2D eigenvalue weighted by molar-refractivity contribution is 6.62. The molecular formula is C10H23Si. The average Bonchev–Trinajstić information content (AvgIpc) is 2.06. The van der Waals surface area contributed by atoms with Crippen molar-refractivity contribution in [2.75, 3.05) is 0 Å². The normalized spacial score (nSPS) is 12.5. The van der Waals surface area contributed by atoms with Crippen LogP contribution >= 0.6 is 0 Å². The molecule has 0 aromatic heterocycles. The second-order valence-corrected chi connectivity index (χ2v) is 7.41. The van der Waals surface area contributed by atoms with E-state index in [0.29, 0.717) is 5.04 Å². The van der Waals surface area contributed by atoms with Crippen molar-refractivity contribution in [3.63, 3.8) is 0 Å². The van der Waals surface area contributed by atoms with E-state index in [-0.39, 0.29) is 8.80 Å².